The van der Waals surface area contributed by atoms with Crippen LogP contribution in [0.1, 0.15) is 270 Å². The molecule has 0 spiro atoms. The third-order valence-electron chi connectivity index (χ3n) is 23.8. The summed E-state index contributed by atoms with van der Waals surface area (Å²) in [5.74, 6) is -22.0. The number of hydrogen-bond acceptors (Lipinski definition) is 24. The third-order valence-corrected chi connectivity index (χ3v) is 23.8. The summed E-state index contributed by atoms with van der Waals surface area (Å²) in [5, 5.41) is 75.7. The number of aldehydes is 1. The van der Waals surface area contributed by atoms with E-state index in [1.54, 1.807) is 111 Å². The van der Waals surface area contributed by atoms with Gasteiger partial charge in [-0.2, -0.15) is 0 Å². The number of amides is 20. The molecule has 2 aliphatic rings. The van der Waals surface area contributed by atoms with Crippen molar-refractivity contribution >= 4 is 136 Å². The number of nitrogens with one attached hydrogen (secondary N) is 18. The van der Waals surface area contributed by atoms with E-state index in [1.807, 2.05) is 13.8 Å². The van der Waals surface area contributed by atoms with Crippen LogP contribution in [0.4, 0.5) is 0 Å². The van der Waals surface area contributed by atoms with Gasteiger partial charge in [-0.05, 0) is 172 Å². The lowest BCUT2D eigenvalue weighted by Gasteiger charge is -2.32. The Labute approximate surface area is 827 Å². The Morgan fingerprint density at radius 1 is 0.305 bits per heavy atom. The van der Waals surface area contributed by atoms with Gasteiger partial charge < -0.3 is 126 Å². The molecule has 21 N–H and O–H groups in total. The fourth-order valence-corrected chi connectivity index (χ4v) is 15.8. The Kier molecular flexibility index (Phi) is 53.5. The van der Waals surface area contributed by atoms with Crippen LogP contribution in [0, 0.1) is 53.3 Å². The van der Waals surface area contributed by atoms with Crippen LogP contribution >= 0.6 is 0 Å². The van der Waals surface area contributed by atoms with Crippen LogP contribution < -0.4 is 95.7 Å². The van der Waals surface area contributed by atoms with Gasteiger partial charge in [0.1, 0.15) is 121 Å². The normalized spacial score (nSPS) is 17.9. The number of aliphatic carboxylic acids is 2. The minimum Gasteiger partial charge on any atom is -0.481 e. The van der Waals surface area contributed by atoms with Gasteiger partial charge in [-0.3, -0.25) is 105 Å². The minimum absolute atomic E-state index is 0.0170. The van der Waals surface area contributed by atoms with E-state index in [0.717, 1.165) is 6.92 Å². The number of likely N-dealkylation sites (tertiary alicyclic amines) is 2. The molecule has 46 heteroatoms. The second-order valence-electron chi connectivity index (χ2n) is 40.5. The third kappa shape index (κ3) is 43.1. The first-order valence-electron chi connectivity index (χ1n) is 49.1. The molecule has 22 atom stereocenters. The number of carbonyl (C=O) groups is 23. The molecule has 0 aromatic carbocycles. The maximum absolute atomic E-state index is 14.7. The fraction of sp³-hybridized carbons (Fsp3) is 0.758. The van der Waals surface area contributed by atoms with Gasteiger partial charge in [0.25, 0.3) is 0 Å². The van der Waals surface area contributed by atoms with Crippen LogP contribution in [-0.4, -0.2) is 302 Å². The molecule has 0 aromatic heterocycles. The molecule has 0 bridgehead atoms. The van der Waals surface area contributed by atoms with E-state index in [1.165, 1.54) is 58.3 Å². The van der Waals surface area contributed by atoms with E-state index in [2.05, 4.69) is 95.7 Å². The van der Waals surface area contributed by atoms with E-state index < -0.39 is 294 Å². The highest BCUT2D eigenvalue weighted by atomic mass is 16.4. The highest BCUT2D eigenvalue weighted by Crippen LogP contribution is 2.25. The average Bonchev–Trinajstić information content (AvgIpc) is 1.72. The first kappa shape index (κ1) is 125. The lowest BCUT2D eigenvalue weighted by molar-refractivity contribution is -0.143. The Morgan fingerprint density at radius 2 is 0.589 bits per heavy atom. The first-order valence-corrected chi connectivity index (χ1v) is 49.1. The number of carbonyl (C=O) groups excluding carboxylic acids is 21. The van der Waals surface area contributed by atoms with Crippen molar-refractivity contribution in [1.82, 2.24) is 106 Å². The van der Waals surface area contributed by atoms with Crippen LogP contribution in [0.2, 0.25) is 0 Å². The van der Waals surface area contributed by atoms with Crippen molar-refractivity contribution in [3.8, 4) is 0 Å². The molecular weight excluding hydrogens is 1840 g/mol. The number of aliphatic hydroxyl groups is 1. The van der Waals surface area contributed by atoms with Crippen molar-refractivity contribution in [1.29, 1.82) is 0 Å². The smallest absolute Gasteiger partial charge is 0.305 e. The second kappa shape index (κ2) is 60.3. The number of hydrogen-bond donors (Lipinski definition) is 21. The van der Waals surface area contributed by atoms with Gasteiger partial charge in [0, 0.05) is 26.4 Å². The summed E-state index contributed by atoms with van der Waals surface area (Å²) in [6.07, 6.45) is -2.22. The molecule has 0 aromatic rings. The summed E-state index contributed by atoms with van der Waals surface area (Å²) in [7, 11) is 0. The second-order valence-corrected chi connectivity index (χ2v) is 40.5. The Hall–Kier alpha value is -12.0. The summed E-state index contributed by atoms with van der Waals surface area (Å²) in [6, 6.07) is -26.5. The highest BCUT2D eigenvalue weighted by molar-refractivity contribution is 6.03. The molecule has 2 saturated heterocycles. The number of carboxylic acids is 2. The van der Waals surface area contributed by atoms with Gasteiger partial charge in [0.15, 0.2) is 0 Å². The molecule has 0 saturated carbocycles. The van der Waals surface area contributed by atoms with Crippen molar-refractivity contribution in [3.05, 3.63) is 0 Å². The predicted molar refractivity (Wildman–Crippen MR) is 517 cm³/mol. The highest BCUT2D eigenvalue weighted by Gasteiger charge is 2.45. The zero-order valence-corrected chi connectivity index (χ0v) is 86.8. The topological polar surface area (TPSA) is 676 Å². The van der Waals surface area contributed by atoms with Crippen LogP contribution in [0.15, 0.2) is 0 Å². The summed E-state index contributed by atoms with van der Waals surface area (Å²) < 4.78 is 0. The Morgan fingerprint density at radius 3 is 0.957 bits per heavy atom. The maximum Gasteiger partial charge on any atom is 0.305 e. The van der Waals surface area contributed by atoms with E-state index in [0.29, 0.717) is 12.8 Å². The quantitative estimate of drug-likeness (QED) is 0.0305. The number of nitrogens with zero attached hydrogens (tertiary/aromatic N) is 2. The molecular formula is C95H162N20O26. The molecule has 141 heavy (non-hydrogen) atoms. The molecule has 2 fully saturated rings. The van der Waals surface area contributed by atoms with Crippen LogP contribution in [0.5, 0.6) is 0 Å². The lowest BCUT2D eigenvalue weighted by Crippen LogP contribution is -2.61. The van der Waals surface area contributed by atoms with E-state index >= 15 is 0 Å². The van der Waals surface area contributed by atoms with E-state index in [9.17, 15) is 120 Å². The van der Waals surface area contributed by atoms with Crippen molar-refractivity contribution in [2.24, 2.45) is 53.3 Å². The molecule has 20 amide bonds. The van der Waals surface area contributed by atoms with Crippen molar-refractivity contribution in [2.75, 3.05) is 13.1 Å². The minimum atomic E-state index is -1.84. The zero-order valence-electron chi connectivity index (χ0n) is 86.8. The van der Waals surface area contributed by atoms with E-state index in [-0.39, 0.29) is 113 Å². The van der Waals surface area contributed by atoms with Crippen molar-refractivity contribution in [2.45, 2.75) is 397 Å². The molecule has 2 rings (SSSR count). The van der Waals surface area contributed by atoms with Crippen LogP contribution in [0.25, 0.3) is 0 Å². The summed E-state index contributed by atoms with van der Waals surface area (Å²) >= 11 is 0. The van der Waals surface area contributed by atoms with Gasteiger partial charge in [-0.15, -0.1) is 0 Å². The maximum atomic E-state index is 14.7. The number of carboxylic acid groups (broad SMARTS) is 2. The molecule has 0 radical (unpaired) electrons. The lowest BCUT2D eigenvalue weighted by atomic mass is 9.96. The van der Waals surface area contributed by atoms with Gasteiger partial charge in [0.05, 0.1) is 18.6 Å². The predicted octanol–water partition coefficient (Wildman–Crippen LogP) is -1.61. The molecule has 22 unspecified atom stereocenters. The molecule has 0 aliphatic carbocycles. The summed E-state index contributed by atoms with van der Waals surface area (Å²) in [4.78, 5) is 316. The molecule has 2 heterocycles. The molecule has 798 valence electrons. The first-order chi connectivity index (χ1) is 65.5. The summed E-state index contributed by atoms with van der Waals surface area (Å²) in [6.45, 7) is 42.0. The Bertz CT molecular complexity index is 4330. The zero-order chi connectivity index (χ0) is 108. The van der Waals surface area contributed by atoms with Crippen molar-refractivity contribution in [3.63, 3.8) is 0 Å². The monoisotopic (exact) mass is 2000 g/mol. The molecule has 2 aliphatic heterocycles. The van der Waals surface area contributed by atoms with Gasteiger partial charge >= 0.3 is 11.9 Å². The van der Waals surface area contributed by atoms with Gasteiger partial charge in [-0.1, -0.05) is 131 Å². The number of rotatable bonds is 60. The van der Waals surface area contributed by atoms with Crippen LogP contribution in [-0.2, 0) is 110 Å². The number of aliphatic hydroxyl groups excluding tert-OH is 1. The largest absolute Gasteiger partial charge is 0.481 e. The average molecular weight is 2000 g/mol. The fourth-order valence-electron chi connectivity index (χ4n) is 15.8. The standard InChI is InChI=1S/C95H162N20O26/c1-27-52(18)75(92(138)103-62(32-33-71(119)120)82(128)113-76(59(25)117)93(139)102-61(43-116)42-72(121)122)112-89(135)70-31-28-34-114(70)94(140)58(24)101-84(130)64(37-45(4)5)107-85(131)65(38-46(6)7)104-78(124)54(20)98-83(129)63(36-44(2)3)106-86(132)67(40-48(10)11)108-91(137)74(51(16)17)111-81(127)57(23)99-88(134)69-30-29-35-115(69)95(141)68(41-49(12)13)109-87(133)66(39-47(8)9)105-79(125)55(21)100-90(136)73(50(14)15)110-80(126)56(22)97-77(123)53(19)96-60(26)118/h43-59,61-70,73-76,117H,27-42H2,1-26H3,(H,96,118)(H,97,123)(H,98,129)(H,99,134)(H,100,136)(H,101,130)(H,102,139)(H,103,138)(H,104,124)(H,105,125)(H,106,132)(H,107,131)(H,108,137)(H,109,133)(H,110,126)(H,111,127)(H,112,135)(H,113,128)(H,119,120)(H,121,122). The van der Waals surface area contributed by atoms with Crippen LogP contribution in [0.3, 0.4) is 0 Å². The van der Waals surface area contributed by atoms with Gasteiger partial charge in [-0.25, -0.2) is 0 Å². The summed E-state index contributed by atoms with van der Waals surface area (Å²) in [5.41, 5.74) is 0. The van der Waals surface area contributed by atoms with Crippen molar-refractivity contribution < 1.29 is 126 Å². The Balaban J connectivity index is 2.30. The van der Waals surface area contributed by atoms with E-state index in [4.69, 9.17) is 5.11 Å². The van der Waals surface area contributed by atoms with Gasteiger partial charge in [0.2, 0.25) is 118 Å². The molecule has 46 nitrogen and oxygen atoms in total. The SMILES string of the molecule is CCC(C)C(NC(=O)C1CCCN1C(=O)C(C)NC(=O)C(CC(C)C)NC(=O)C(CC(C)C)NC(=O)C(C)NC(=O)C(CC(C)C)NC(=O)C(CC(C)C)NC(=O)C(NC(=O)C(C)NC(=O)C1CCCN1C(=O)C(CC(C)C)NC(=O)C(CC(C)C)NC(=O)C(C)NC(=O)C(NC(=O)C(C)NC(=O)C(C)NC(C)=O)C(C)C)C(C)C)C(=O)NC(CCC(=O)O)C(=O)NC(C(=O)NC(C=O)CC(=O)O)C(C)O.